The van der Waals surface area contributed by atoms with Gasteiger partial charge in [-0.3, -0.25) is 4.79 Å². The summed E-state index contributed by atoms with van der Waals surface area (Å²) in [6, 6.07) is 4.63. The molecule has 2 rings (SSSR count). The molecule has 1 unspecified atom stereocenters. The number of hydrogen-bond acceptors (Lipinski definition) is 4. The van der Waals surface area contributed by atoms with Crippen LogP contribution in [0.15, 0.2) is 23.1 Å². The smallest absolute Gasteiger partial charge is 0.238 e. The second kappa shape index (κ2) is 5.90. The monoisotopic (exact) mass is 298 g/mol. The molecule has 0 spiro atoms. The van der Waals surface area contributed by atoms with E-state index in [1.54, 1.807) is 19.1 Å². The molecule has 7 heteroatoms. The van der Waals surface area contributed by atoms with Crippen LogP contribution in [-0.4, -0.2) is 27.5 Å². The lowest BCUT2D eigenvalue weighted by Gasteiger charge is -2.22. The van der Waals surface area contributed by atoms with Crippen LogP contribution >= 0.6 is 0 Å². The van der Waals surface area contributed by atoms with Crippen molar-refractivity contribution in [2.24, 2.45) is 11.1 Å². The topological polar surface area (TPSA) is 98.5 Å². The molecule has 1 aliphatic rings. The van der Waals surface area contributed by atoms with Crippen LogP contribution in [0.4, 0.5) is 5.69 Å². The first-order valence-electron chi connectivity index (χ1n) is 6.40. The summed E-state index contributed by atoms with van der Waals surface area (Å²) in [5.41, 5.74) is 0.909. The minimum Gasteiger partial charge on any atom is -0.381 e. The highest BCUT2D eigenvalue weighted by atomic mass is 32.2. The number of hydrogen-bond donors (Lipinski definition) is 2. The van der Waals surface area contributed by atoms with Crippen molar-refractivity contribution >= 4 is 21.6 Å². The molecule has 0 aromatic heterocycles. The lowest BCUT2D eigenvalue weighted by atomic mass is 10.0. The highest BCUT2D eigenvalue weighted by Crippen LogP contribution is 2.23. The van der Waals surface area contributed by atoms with Crippen LogP contribution in [0.2, 0.25) is 0 Å². The molecule has 1 amide bonds. The first-order valence-corrected chi connectivity index (χ1v) is 7.95. The van der Waals surface area contributed by atoms with Gasteiger partial charge in [0.05, 0.1) is 17.4 Å². The van der Waals surface area contributed by atoms with Crippen molar-refractivity contribution in [1.82, 2.24) is 0 Å². The van der Waals surface area contributed by atoms with Gasteiger partial charge in [0.15, 0.2) is 0 Å². The largest absolute Gasteiger partial charge is 0.381 e. The molecular formula is C13H18N2O4S. The third-order valence-electron chi connectivity index (χ3n) is 3.38. The van der Waals surface area contributed by atoms with Crippen LogP contribution in [0, 0.1) is 12.8 Å². The van der Waals surface area contributed by atoms with Crippen LogP contribution in [0.5, 0.6) is 0 Å². The molecule has 1 aliphatic heterocycles. The van der Waals surface area contributed by atoms with Crippen LogP contribution in [0.3, 0.4) is 0 Å². The van der Waals surface area contributed by atoms with Crippen LogP contribution in [0.25, 0.3) is 0 Å². The van der Waals surface area contributed by atoms with Gasteiger partial charge in [-0.15, -0.1) is 0 Å². The zero-order valence-electron chi connectivity index (χ0n) is 11.3. The van der Waals surface area contributed by atoms with Crippen molar-refractivity contribution in [1.29, 1.82) is 0 Å². The summed E-state index contributed by atoms with van der Waals surface area (Å²) in [6.07, 6.45) is 1.63. The lowest BCUT2D eigenvalue weighted by molar-refractivity contribution is -0.123. The van der Waals surface area contributed by atoms with E-state index in [0.717, 1.165) is 12.8 Å². The molecule has 0 aliphatic carbocycles. The van der Waals surface area contributed by atoms with Crippen molar-refractivity contribution in [3.05, 3.63) is 23.8 Å². The fourth-order valence-corrected chi connectivity index (χ4v) is 3.05. The Morgan fingerprint density at radius 2 is 2.20 bits per heavy atom. The van der Waals surface area contributed by atoms with Gasteiger partial charge in [0.25, 0.3) is 0 Å². The third kappa shape index (κ3) is 3.36. The minimum absolute atomic E-state index is 0.0233. The molecule has 0 radical (unpaired) electrons. The van der Waals surface area contributed by atoms with Gasteiger partial charge < -0.3 is 10.1 Å². The van der Waals surface area contributed by atoms with Gasteiger partial charge in [0.2, 0.25) is 15.9 Å². The van der Waals surface area contributed by atoms with Gasteiger partial charge in [-0.25, -0.2) is 13.6 Å². The van der Waals surface area contributed by atoms with Crippen LogP contribution < -0.4 is 10.5 Å². The number of nitrogens with one attached hydrogen (secondary N) is 1. The molecular weight excluding hydrogens is 280 g/mol. The molecule has 0 bridgehead atoms. The van der Waals surface area contributed by atoms with E-state index in [9.17, 15) is 13.2 Å². The fraction of sp³-hybridized carbons (Fsp3) is 0.462. The number of rotatable bonds is 3. The van der Waals surface area contributed by atoms with Gasteiger partial charge in [-0.05, 0) is 37.5 Å². The molecule has 3 N–H and O–H groups in total. The van der Waals surface area contributed by atoms with Gasteiger partial charge in [-0.1, -0.05) is 6.07 Å². The maximum absolute atomic E-state index is 12.1. The third-order valence-corrected chi connectivity index (χ3v) is 4.43. The summed E-state index contributed by atoms with van der Waals surface area (Å²) in [5.74, 6) is -0.347. The van der Waals surface area contributed by atoms with Gasteiger partial charge >= 0.3 is 0 Å². The summed E-state index contributed by atoms with van der Waals surface area (Å²) in [6.45, 7) is 2.70. The average molecular weight is 298 g/mol. The summed E-state index contributed by atoms with van der Waals surface area (Å²) < 4.78 is 28.1. The van der Waals surface area contributed by atoms with Crippen molar-refractivity contribution in [2.45, 2.75) is 24.7 Å². The van der Waals surface area contributed by atoms with Gasteiger partial charge in [-0.2, -0.15) is 0 Å². The summed E-state index contributed by atoms with van der Waals surface area (Å²) >= 11 is 0. The van der Waals surface area contributed by atoms with Crippen molar-refractivity contribution < 1.29 is 17.9 Å². The Hall–Kier alpha value is -1.44. The molecule has 1 heterocycles. The number of nitrogens with two attached hydrogens (primary N) is 1. The van der Waals surface area contributed by atoms with E-state index in [1.165, 1.54) is 6.07 Å². The molecule has 110 valence electrons. The van der Waals surface area contributed by atoms with E-state index in [4.69, 9.17) is 9.88 Å². The Labute approximate surface area is 118 Å². The Balaban J connectivity index is 2.19. The standard InChI is InChI=1S/C13H18N2O4S/c1-9-11(5-2-6-12(9)20(14,17)18)15-13(16)10-4-3-7-19-8-10/h2,5-6,10H,3-4,7-8H2,1H3,(H,15,16)(H2,14,17,18). The molecule has 1 aromatic rings. The Bertz CT molecular complexity index is 607. The number of primary sulfonamides is 1. The number of sulfonamides is 1. The summed E-state index contributed by atoms with van der Waals surface area (Å²) in [5, 5.41) is 7.89. The maximum atomic E-state index is 12.1. The van der Waals surface area contributed by atoms with E-state index < -0.39 is 10.0 Å². The second-order valence-electron chi connectivity index (χ2n) is 4.88. The molecule has 1 atom stereocenters. The molecule has 1 aromatic carbocycles. The number of carbonyl (C=O) groups excluding carboxylic acids is 1. The van der Waals surface area contributed by atoms with E-state index >= 15 is 0 Å². The van der Waals surface area contributed by atoms with Crippen LogP contribution in [0.1, 0.15) is 18.4 Å². The average Bonchev–Trinajstić information content (AvgIpc) is 2.40. The maximum Gasteiger partial charge on any atom is 0.238 e. The predicted molar refractivity (Wildman–Crippen MR) is 74.7 cm³/mol. The molecule has 0 saturated carbocycles. The van der Waals surface area contributed by atoms with Crippen LogP contribution in [-0.2, 0) is 19.6 Å². The van der Waals surface area contributed by atoms with E-state index in [0.29, 0.717) is 24.5 Å². The van der Waals surface area contributed by atoms with E-state index in [1.807, 2.05) is 0 Å². The first-order chi connectivity index (χ1) is 9.39. The molecule has 20 heavy (non-hydrogen) atoms. The number of benzene rings is 1. The molecule has 1 fully saturated rings. The predicted octanol–water partition coefficient (Wildman–Crippen LogP) is 1.01. The summed E-state index contributed by atoms with van der Waals surface area (Å²) in [4.78, 5) is 12.1. The highest BCUT2D eigenvalue weighted by Gasteiger charge is 2.23. The molecule has 1 saturated heterocycles. The Kier molecular flexibility index (Phi) is 4.42. The highest BCUT2D eigenvalue weighted by molar-refractivity contribution is 7.89. The summed E-state index contributed by atoms with van der Waals surface area (Å²) in [7, 11) is -3.79. The fourth-order valence-electron chi connectivity index (χ4n) is 2.24. The number of anilines is 1. The van der Waals surface area contributed by atoms with Crippen molar-refractivity contribution in [3.63, 3.8) is 0 Å². The second-order valence-corrected chi connectivity index (χ2v) is 6.41. The lowest BCUT2D eigenvalue weighted by Crippen LogP contribution is -2.30. The van der Waals surface area contributed by atoms with Gasteiger partial charge in [0, 0.05) is 12.3 Å². The zero-order valence-corrected chi connectivity index (χ0v) is 12.1. The number of ether oxygens (including phenoxy) is 1. The quantitative estimate of drug-likeness (QED) is 0.870. The number of amides is 1. The first kappa shape index (κ1) is 15.0. The number of carbonyl (C=O) groups is 1. The van der Waals surface area contributed by atoms with Gasteiger partial charge in [0.1, 0.15) is 0 Å². The normalized spacial score (nSPS) is 19.6. The van der Waals surface area contributed by atoms with Crippen molar-refractivity contribution in [2.75, 3.05) is 18.5 Å². The molecule has 6 nitrogen and oxygen atoms in total. The van der Waals surface area contributed by atoms with E-state index in [2.05, 4.69) is 5.32 Å². The minimum atomic E-state index is -3.79. The van der Waals surface area contributed by atoms with Crippen molar-refractivity contribution in [3.8, 4) is 0 Å². The Morgan fingerprint density at radius 3 is 2.80 bits per heavy atom. The zero-order chi connectivity index (χ0) is 14.8. The van der Waals surface area contributed by atoms with E-state index in [-0.39, 0.29) is 16.7 Å². The Morgan fingerprint density at radius 1 is 1.45 bits per heavy atom. The SMILES string of the molecule is Cc1c(NC(=O)C2CCCOC2)cccc1S(N)(=O)=O.